The third-order valence-electron chi connectivity index (χ3n) is 4.94. The van der Waals surface area contributed by atoms with E-state index in [4.69, 9.17) is 0 Å². The topological polar surface area (TPSA) is 46.0 Å². The first-order chi connectivity index (χ1) is 10.1. The van der Waals surface area contributed by atoms with Gasteiger partial charge in [-0.1, -0.05) is 13.8 Å². The molecule has 2 atom stereocenters. The average molecular weight is 291 g/mol. The molecule has 2 heterocycles. The summed E-state index contributed by atoms with van der Waals surface area (Å²) in [6, 6.07) is 1.65. The van der Waals surface area contributed by atoms with Crippen molar-refractivity contribution in [2.24, 2.45) is 11.8 Å². The van der Waals surface area contributed by atoms with Crippen molar-refractivity contribution in [1.29, 1.82) is 0 Å². The number of hydrogen-bond acceptors (Lipinski definition) is 4. The lowest BCUT2D eigenvalue weighted by Gasteiger charge is -2.42. The third-order valence-corrected chi connectivity index (χ3v) is 4.94. The molecule has 2 fully saturated rings. The van der Waals surface area contributed by atoms with Crippen molar-refractivity contribution < 1.29 is 0 Å². The minimum Gasteiger partial charge on any atom is -0.311 e. The van der Waals surface area contributed by atoms with Gasteiger partial charge in [0.05, 0.1) is 6.54 Å². The molecule has 0 bridgehead atoms. The Hall–Kier alpha value is -0.940. The molecule has 3 rings (SSSR count). The van der Waals surface area contributed by atoms with E-state index in [0.29, 0.717) is 24.0 Å². The summed E-state index contributed by atoms with van der Waals surface area (Å²) < 4.78 is 2.07. The number of nitrogens with zero attached hydrogens (tertiary/aromatic N) is 4. The standard InChI is InChI=1S/C16H29N5/c1-11(2)14-8-20(15(7-17-14)13-5-6-13)9-16-18-10-19-21(16)12(3)4/h10-15,17H,5-9H2,1-4H3. The van der Waals surface area contributed by atoms with Crippen LogP contribution in [0.4, 0.5) is 0 Å². The van der Waals surface area contributed by atoms with Gasteiger partial charge < -0.3 is 5.32 Å². The Bertz CT molecular complexity index is 463. The van der Waals surface area contributed by atoms with Gasteiger partial charge >= 0.3 is 0 Å². The first-order valence-corrected chi connectivity index (χ1v) is 8.42. The maximum absolute atomic E-state index is 4.51. The molecule has 1 aliphatic heterocycles. The van der Waals surface area contributed by atoms with Crippen molar-refractivity contribution in [2.75, 3.05) is 13.1 Å². The first kappa shape index (κ1) is 15.0. The number of aromatic nitrogens is 3. The molecule has 0 aromatic carbocycles. The van der Waals surface area contributed by atoms with E-state index in [2.05, 4.69) is 52.7 Å². The van der Waals surface area contributed by atoms with E-state index >= 15 is 0 Å². The van der Waals surface area contributed by atoms with Crippen LogP contribution < -0.4 is 5.32 Å². The van der Waals surface area contributed by atoms with Gasteiger partial charge in [-0.2, -0.15) is 5.10 Å². The first-order valence-electron chi connectivity index (χ1n) is 8.42. The van der Waals surface area contributed by atoms with Crippen LogP contribution >= 0.6 is 0 Å². The highest BCUT2D eigenvalue weighted by Crippen LogP contribution is 2.37. The highest BCUT2D eigenvalue weighted by molar-refractivity contribution is 4.98. The largest absolute Gasteiger partial charge is 0.311 e. The fourth-order valence-electron chi connectivity index (χ4n) is 3.43. The lowest BCUT2D eigenvalue weighted by Crippen LogP contribution is -2.58. The summed E-state index contributed by atoms with van der Waals surface area (Å²) in [5, 5.41) is 8.14. The van der Waals surface area contributed by atoms with Gasteiger partial charge in [-0.25, -0.2) is 9.67 Å². The minimum absolute atomic E-state index is 0.380. The fourth-order valence-corrected chi connectivity index (χ4v) is 3.43. The second kappa shape index (κ2) is 6.05. The summed E-state index contributed by atoms with van der Waals surface area (Å²) in [5.74, 6) is 2.68. The fraction of sp³-hybridized carbons (Fsp3) is 0.875. The van der Waals surface area contributed by atoms with Crippen LogP contribution in [0.15, 0.2) is 6.33 Å². The van der Waals surface area contributed by atoms with Crippen molar-refractivity contribution in [3.8, 4) is 0 Å². The molecule has 1 N–H and O–H groups in total. The maximum Gasteiger partial charge on any atom is 0.141 e. The molecule has 118 valence electrons. The summed E-state index contributed by atoms with van der Waals surface area (Å²) in [4.78, 5) is 7.16. The zero-order valence-electron chi connectivity index (χ0n) is 13.8. The Morgan fingerprint density at radius 3 is 2.67 bits per heavy atom. The molecular formula is C16H29N5. The van der Waals surface area contributed by atoms with Crippen LogP contribution in [0.25, 0.3) is 0 Å². The van der Waals surface area contributed by atoms with E-state index in [1.165, 1.54) is 12.8 Å². The lowest BCUT2D eigenvalue weighted by molar-refractivity contribution is 0.0881. The smallest absolute Gasteiger partial charge is 0.141 e. The Kier molecular flexibility index (Phi) is 4.31. The Labute approximate surface area is 128 Å². The van der Waals surface area contributed by atoms with Crippen molar-refractivity contribution >= 4 is 0 Å². The van der Waals surface area contributed by atoms with Crippen LogP contribution in [0.3, 0.4) is 0 Å². The summed E-state index contributed by atoms with van der Waals surface area (Å²) in [6.07, 6.45) is 4.49. The molecule has 2 aliphatic rings. The van der Waals surface area contributed by atoms with E-state index in [1.807, 2.05) is 0 Å². The predicted octanol–water partition coefficient (Wildman–Crippen LogP) is 2.07. The summed E-state index contributed by atoms with van der Waals surface area (Å²) in [5.41, 5.74) is 0. The third kappa shape index (κ3) is 3.29. The van der Waals surface area contributed by atoms with E-state index < -0.39 is 0 Å². The molecular weight excluding hydrogens is 262 g/mol. The normalized spacial score (nSPS) is 27.7. The van der Waals surface area contributed by atoms with Gasteiger partial charge in [-0.05, 0) is 38.5 Å². The Morgan fingerprint density at radius 1 is 1.29 bits per heavy atom. The monoisotopic (exact) mass is 291 g/mol. The Morgan fingerprint density at radius 2 is 2.05 bits per heavy atom. The van der Waals surface area contributed by atoms with Gasteiger partial charge in [0.2, 0.25) is 0 Å². The molecule has 21 heavy (non-hydrogen) atoms. The average Bonchev–Trinajstić information content (AvgIpc) is 3.17. The van der Waals surface area contributed by atoms with Gasteiger partial charge in [0, 0.05) is 31.2 Å². The van der Waals surface area contributed by atoms with Crippen molar-refractivity contribution in [1.82, 2.24) is 25.0 Å². The van der Waals surface area contributed by atoms with E-state index in [0.717, 1.165) is 31.4 Å². The molecule has 1 saturated carbocycles. The number of rotatable bonds is 5. The summed E-state index contributed by atoms with van der Waals surface area (Å²) >= 11 is 0. The van der Waals surface area contributed by atoms with E-state index in [9.17, 15) is 0 Å². The SMILES string of the molecule is CC(C)C1CN(Cc2ncnn2C(C)C)C(C2CC2)CN1. The molecule has 1 saturated heterocycles. The van der Waals surface area contributed by atoms with E-state index in [-0.39, 0.29) is 0 Å². The Balaban J connectivity index is 1.74. The van der Waals surface area contributed by atoms with Crippen molar-refractivity contribution in [2.45, 2.75) is 65.2 Å². The van der Waals surface area contributed by atoms with Gasteiger partial charge in [0.1, 0.15) is 12.2 Å². The zero-order chi connectivity index (χ0) is 15.0. The van der Waals surface area contributed by atoms with Crippen LogP contribution in [-0.4, -0.2) is 44.8 Å². The van der Waals surface area contributed by atoms with Crippen LogP contribution in [-0.2, 0) is 6.54 Å². The molecule has 0 amide bonds. The maximum atomic E-state index is 4.51. The van der Waals surface area contributed by atoms with Crippen LogP contribution in [0, 0.1) is 11.8 Å². The lowest BCUT2D eigenvalue weighted by atomic mass is 9.97. The van der Waals surface area contributed by atoms with Crippen LogP contribution in [0.1, 0.15) is 52.4 Å². The molecule has 1 aliphatic carbocycles. The molecule has 5 heteroatoms. The molecule has 1 aromatic rings. The number of nitrogens with one attached hydrogen (secondary N) is 1. The second-order valence-corrected chi connectivity index (χ2v) is 7.31. The molecule has 5 nitrogen and oxygen atoms in total. The van der Waals surface area contributed by atoms with Gasteiger partial charge in [-0.15, -0.1) is 0 Å². The molecule has 0 radical (unpaired) electrons. The van der Waals surface area contributed by atoms with Crippen molar-refractivity contribution in [3.63, 3.8) is 0 Å². The van der Waals surface area contributed by atoms with Gasteiger partial charge in [-0.3, -0.25) is 4.90 Å². The summed E-state index contributed by atoms with van der Waals surface area (Å²) in [6.45, 7) is 12.2. The number of hydrogen-bond donors (Lipinski definition) is 1. The molecule has 1 aromatic heterocycles. The second-order valence-electron chi connectivity index (χ2n) is 7.31. The van der Waals surface area contributed by atoms with Crippen LogP contribution in [0.5, 0.6) is 0 Å². The van der Waals surface area contributed by atoms with E-state index in [1.54, 1.807) is 6.33 Å². The van der Waals surface area contributed by atoms with Gasteiger partial charge in [0.15, 0.2) is 0 Å². The van der Waals surface area contributed by atoms with Crippen LogP contribution in [0.2, 0.25) is 0 Å². The summed E-state index contributed by atoms with van der Waals surface area (Å²) in [7, 11) is 0. The zero-order valence-corrected chi connectivity index (χ0v) is 13.8. The minimum atomic E-state index is 0.380. The quantitative estimate of drug-likeness (QED) is 0.902. The number of piperazine rings is 1. The highest BCUT2D eigenvalue weighted by atomic mass is 15.4. The van der Waals surface area contributed by atoms with Gasteiger partial charge in [0.25, 0.3) is 0 Å². The predicted molar refractivity (Wildman–Crippen MR) is 84.0 cm³/mol. The molecule has 2 unspecified atom stereocenters. The highest BCUT2D eigenvalue weighted by Gasteiger charge is 2.39. The molecule has 0 spiro atoms. The van der Waals surface area contributed by atoms with Crippen molar-refractivity contribution in [3.05, 3.63) is 12.2 Å².